The molecule has 132 valence electrons. The van der Waals surface area contributed by atoms with Crippen molar-refractivity contribution in [2.75, 3.05) is 5.73 Å². The van der Waals surface area contributed by atoms with Crippen LogP contribution in [-0.4, -0.2) is 13.0 Å². The number of hydrogen-bond donors (Lipinski definition) is 2. The first-order valence-corrected chi connectivity index (χ1v) is 10.2. The number of unbranched alkanes of at least 4 members (excludes halogenated alkanes) is 9. The van der Waals surface area contributed by atoms with Crippen LogP contribution in [0.1, 0.15) is 76.7 Å². The van der Waals surface area contributed by atoms with Crippen LogP contribution in [0.4, 0.5) is 5.69 Å². The van der Waals surface area contributed by atoms with Gasteiger partial charge in [0.15, 0.2) is 0 Å². The lowest BCUT2D eigenvalue weighted by molar-refractivity contribution is 0.481. The van der Waals surface area contributed by atoms with Crippen molar-refractivity contribution in [3.8, 4) is 0 Å². The predicted octanol–water partition coefficient (Wildman–Crippen LogP) is 4.98. The molecule has 0 saturated carbocycles. The van der Waals surface area contributed by atoms with E-state index in [2.05, 4.69) is 6.92 Å². The summed E-state index contributed by atoms with van der Waals surface area (Å²) in [6.45, 7) is 2.23. The van der Waals surface area contributed by atoms with Gasteiger partial charge in [-0.05, 0) is 30.5 Å². The molecule has 23 heavy (non-hydrogen) atoms. The highest BCUT2D eigenvalue weighted by Crippen LogP contribution is 2.21. The van der Waals surface area contributed by atoms with Crippen LogP contribution in [0.2, 0.25) is 0 Å². The van der Waals surface area contributed by atoms with E-state index in [9.17, 15) is 13.0 Å². The first-order valence-electron chi connectivity index (χ1n) is 8.81. The van der Waals surface area contributed by atoms with Crippen molar-refractivity contribution in [3.05, 3.63) is 23.8 Å². The molecular weight excluding hydrogens is 310 g/mol. The summed E-state index contributed by atoms with van der Waals surface area (Å²) in [7, 11) is -4.20. The standard InChI is InChI=1S/C18H31NO3S/c1-2-3-4-5-6-7-8-9-10-11-12-16-13-14-17(19)15-18(16)23(20,21)22/h13-15H,2-12,19H2,1H3,(H,20,21,22). The van der Waals surface area contributed by atoms with Gasteiger partial charge in [0, 0.05) is 5.69 Å². The molecule has 0 bridgehead atoms. The number of hydrogen-bond acceptors (Lipinski definition) is 3. The lowest BCUT2D eigenvalue weighted by atomic mass is 10.0. The van der Waals surface area contributed by atoms with E-state index in [1.54, 1.807) is 12.1 Å². The van der Waals surface area contributed by atoms with Gasteiger partial charge in [0.1, 0.15) is 0 Å². The van der Waals surface area contributed by atoms with Crippen molar-refractivity contribution >= 4 is 15.8 Å². The van der Waals surface area contributed by atoms with Crippen molar-refractivity contribution < 1.29 is 13.0 Å². The van der Waals surface area contributed by atoms with E-state index in [1.807, 2.05) is 0 Å². The first kappa shape index (κ1) is 20.0. The molecule has 1 aromatic carbocycles. The zero-order valence-corrected chi connectivity index (χ0v) is 15.1. The average molecular weight is 342 g/mol. The van der Waals surface area contributed by atoms with Gasteiger partial charge in [-0.15, -0.1) is 0 Å². The Hall–Kier alpha value is -1.07. The summed E-state index contributed by atoms with van der Waals surface area (Å²) in [5.41, 5.74) is 6.61. The lowest BCUT2D eigenvalue weighted by Crippen LogP contribution is -2.04. The Morgan fingerprint density at radius 3 is 1.96 bits per heavy atom. The van der Waals surface area contributed by atoms with E-state index in [-0.39, 0.29) is 4.90 Å². The van der Waals surface area contributed by atoms with Crippen LogP contribution in [-0.2, 0) is 16.5 Å². The zero-order chi connectivity index (χ0) is 17.1. The summed E-state index contributed by atoms with van der Waals surface area (Å²) >= 11 is 0. The van der Waals surface area contributed by atoms with Gasteiger partial charge in [-0.2, -0.15) is 8.42 Å². The summed E-state index contributed by atoms with van der Waals surface area (Å²) in [4.78, 5) is -0.0478. The van der Waals surface area contributed by atoms with Gasteiger partial charge in [0.05, 0.1) is 4.90 Å². The van der Waals surface area contributed by atoms with Crippen molar-refractivity contribution in [2.24, 2.45) is 0 Å². The average Bonchev–Trinajstić information content (AvgIpc) is 2.49. The second-order valence-electron chi connectivity index (χ2n) is 6.27. The van der Waals surface area contributed by atoms with Crippen molar-refractivity contribution in [1.29, 1.82) is 0 Å². The molecule has 0 aromatic heterocycles. The van der Waals surface area contributed by atoms with Gasteiger partial charge < -0.3 is 5.73 Å². The van der Waals surface area contributed by atoms with Gasteiger partial charge in [0.2, 0.25) is 0 Å². The highest BCUT2D eigenvalue weighted by Gasteiger charge is 2.15. The third-order valence-corrected chi connectivity index (χ3v) is 5.10. The second kappa shape index (κ2) is 10.7. The Kier molecular flexibility index (Phi) is 9.26. The summed E-state index contributed by atoms with van der Waals surface area (Å²) in [5, 5.41) is 0. The summed E-state index contributed by atoms with van der Waals surface area (Å²) < 4.78 is 32.0. The fraction of sp³-hybridized carbons (Fsp3) is 0.667. The maximum absolute atomic E-state index is 11.4. The van der Waals surface area contributed by atoms with Crippen LogP contribution in [0.15, 0.2) is 23.1 Å². The SMILES string of the molecule is CCCCCCCCCCCCc1ccc(N)cc1S(=O)(=O)O. The van der Waals surface area contributed by atoms with Crippen LogP contribution in [0, 0.1) is 0 Å². The monoisotopic (exact) mass is 341 g/mol. The molecule has 4 nitrogen and oxygen atoms in total. The number of nitrogens with two attached hydrogens (primary N) is 1. The minimum absolute atomic E-state index is 0.0478. The predicted molar refractivity (Wildman–Crippen MR) is 96.2 cm³/mol. The number of aryl methyl sites for hydroxylation is 1. The van der Waals surface area contributed by atoms with E-state index in [0.717, 1.165) is 12.8 Å². The highest BCUT2D eigenvalue weighted by molar-refractivity contribution is 7.85. The molecule has 1 rings (SSSR count). The molecule has 0 radical (unpaired) electrons. The molecule has 0 aliphatic carbocycles. The minimum atomic E-state index is -4.20. The van der Waals surface area contributed by atoms with Gasteiger partial charge in [-0.3, -0.25) is 4.55 Å². The van der Waals surface area contributed by atoms with Crippen molar-refractivity contribution in [2.45, 2.75) is 82.4 Å². The van der Waals surface area contributed by atoms with E-state index in [1.165, 1.54) is 57.4 Å². The van der Waals surface area contributed by atoms with Gasteiger partial charge in [-0.1, -0.05) is 70.8 Å². The number of rotatable bonds is 12. The molecule has 0 amide bonds. The van der Waals surface area contributed by atoms with Crippen molar-refractivity contribution in [3.63, 3.8) is 0 Å². The highest BCUT2D eigenvalue weighted by atomic mass is 32.2. The van der Waals surface area contributed by atoms with Gasteiger partial charge in [-0.25, -0.2) is 0 Å². The topological polar surface area (TPSA) is 80.4 Å². The molecule has 0 atom stereocenters. The first-order chi connectivity index (χ1) is 10.9. The molecule has 0 aliphatic rings. The molecule has 0 unspecified atom stereocenters. The Morgan fingerprint density at radius 2 is 1.43 bits per heavy atom. The molecule has 1 aromatic rings. The molecule has 5 heteroatoms. The normalized spacial score (nSPS) is 11.7. The number of benzene rings is 1. The molecule has 0 saturated heterocycles. The molecular formula is C18H31NO3S. The minimum Gasteiger partial charge on any atom is -0.399 e. The Morgan fingerprint density at radius 1 is 0.913 bits per heavy atom. The van der Waals surface area contributed by atoms with Crippen LogP contribution in [0.25, 0.3) is 0 Å². The molecule has 0 heterocycles. The largest absolute Gasteiger partial charge is 0.399 e. The number of anilines is 1. The molecule has 0 fully saturated rings. The fourth-order valence-corrected chi connectivity index (χ4v) is 3.61. The third kappa shape index (κ3) is 8.37. The van der Waals surface area contributed by atoms with E-state index < -0.39 is 10.1 Å². The van der Waals surface area contributed by atoms with E-state index in [4.69, 9.17) is 5.73 Å². The molecule has 0 aliphatic heterocycles. The van der Waals surface area contributed by atoms with Crippen molar-refractivity contribution in [1.82, 2.24) is 0 Å². The smallest absolute Gasteiger partial charge is 0.294 e. The van der Waals surface area contributed by atoms with Gasteiger partial charge >= 0.3 is 0 Å². The second-order valence-corrected chi connectivity index (χ2v) is 7.66. The van der Waals surface area contributed by atoms with Crippen LogP contribution in [0.3, 0.4) is 0 Å². The number of nitrogen functional groups attached to an aromatic ring is 1. The van der Waals surface area contributed by atoms with Crippen LogP contribution >= 0.6 is 0 Å². The van der Waals surface area contributed by atoms with E-state index in [0.29, 0.717) is 17.7 Å². The Labute approximate surface area is 141 Å². The van der Waals surface area contributed by atoms with Gasteiger partial charge in [0.25, 0.3) is 10.1 Å². The van der Waals surface area contributed by atoms with Crippen LogP contribution in [0.5, 0.6) is 0 Å². The summed E-state index contributed by atoms with van der Waals surface area (Å²) in [5.74, 6) is 0. The quantitative estimate of drug-likeness (QED) is 0.319. The zero-order valence-electron chi connectivity index (χ0n) is 14.3. The van der Waals surface area contributed by atoms with Crippen LogP contribution < -0.4 is 5.73 Å². The molecule has 0 spiro atoms. The molecule has 3 N–H and O–H groups in total. The fourth-order valence-electron chi connectivity index (χ4n) is 2.82. The Balaban J connectivity index is 2.24. The summed E-state index contributed by atoms with van der Waals surface area (Å²) in [6, 6.07) is 4.72. The maximum atomic E-state index is 11.4. The maximum Gasteiger partial charge on any atom is 0.294 e. The Bertz CT molecular complexity index is 555. The summed E-state index contributed by atoms with van der Waals surface area (Å²) in [6.07, 6.45) is 13.1. The van der Waals surface area contributed by atoms with E-state index >= 15 is 0 Å². The third-order valence-electron chi connectivity index (χ3n) is 4.17. The lowest BCUT2D eigenvalue weighted by Gasteiger charge is -2.08.